The Hall–Kier alpha value is -1.69. The Kier molecular flexibility index (Phi) is 1.99. The maximum Gasteiger partial charge on any atom is 0.231 e. The molecule has 6 nitrogen and oxygen atoms in total. The van der Waals surface area contributed by atoms with E-state index in [-0.39, 0.29) is 0 Å². The van der Waals surface area contributed by atoms with Crippen molar-refractivity contribution in [1.29, 1.82) is 0 Å². The van der Waals surface area contributed by atoms with Gasteiger partial charge in [-0.3, -0.25) is 4.40 Å². The number of fused-ring (bicyclic) bond motifs is 1. The predicted octanol–water partition coefficient (Wildman–Crippen LogP) is -0.466. The molecule has 0 radical (unpaired) electrons. The van der Waals surface area contributed by atoms with Gasteiger partial charge >= 0.3 is 0 Å². The van der Waals surface area contributed by atoms with Crippen LogP contribution in [0.25, 0.3) is 5.52 Å². The van der Waals surface area contributed by atoms with Crippen molar-refractivity contribution < 1.29 is 0 Å². The third-order valence-electron chi connectivity index (χ3n) is 2.62. The molecule has 3 rings (SSSR count). The van der Waals surface area contributed by atoms with Gasteiger partial charge in [0.15, 0.2) is 0 Å². The first-order valence-corrected chi connectivity index (χ1v) is 5.04. The second-order valence-electron chi connectivity index (χ2n) is 3.57. The van der Waals surface area contributed by atoms with Crippen LogP contribution in [0, 0.1) is 0 Å². The minimum Gasteiger partial charge on any atom is -0.338 e. The summed E-state index contributed by atoms with van der Waals surface area (Å²) < 4.78 is 1.97. The summed E-state index contributed by atoms with van der Waals surface area (Å²) >= 11 is 0. The molecule has 0 aromatic carbocycles. The standard InChI is InChI=1S/C9H12N6/c1-3-14(4-2-10-1)9-13-12-6-8-5-11-7-15(8)9/h5-7,10H,1-4H2. The molecule has 0 aliphatic carbocycles. The lowest BCUT2D eigenvalue weighted by atomic mass is 10.4. The third-order valence-corrected chi connectivity index (χ3v) is 2.62. The highest BCUT2D eigenvalue weighted by atomic mass is 15.4. The highest BCUT2D eigenvalue weighted by Crippen LogP contribution is 2.12. The summed E-state index contributed by atoms with van der Waals surface area (Å²) in [5.41, 5.74) is 0.985. The van der Waals surface area contributed by atoms with E-state index in [2.05, 4.69) is 25.4 Å². The van der Waals surface area contributed by atoms with Crippen molar-refractivity contribution in [3.8, 4) is 0 Å². The number of aromatic nitrogens is 4. The molecule has 2 aromatic rings. The number of nitrogens with zero attached hydrogens (tertiary/aromatic N) is 5. The summed E-state index contributed by atoms with van der Waals surface area (Å²) in [4.78, 5) is 6.32. The first-order chi connectivity index (χ1) is 7.45. The Labute approximate surface area is 86.9 Å². The Balaban J connectivity index is 2.05. The van der Waals surface area contributed by atoms with Crippen molar-refractivity contribution in [3.63, 3.8) is 0 Å². The molecule has 0 saturated carbocycles. The van der Waals surface area contributed by atoms with Crippen LogP contribution in [-0.2, 0) is 0 Å². The number of rotatable bonds is 1. The number of hydrogen-bond donors (Lipinski definition) is 1. The zero-order valence-electron chi connectivity index (χ0n) is 8.30. The van der Waals surface area contributed by atoms with Gasteiger partial charge in [-0.1, -0.05) is 0 Å². The van der Waals surface area contributed by atoms with Gasteiger partial charge in [-0.25, -0.2) is 4.98 Å². The van der Waals surface area contributed by atoms with E-state index in [1.165, 1.54) is 0 Å². The van der Waals surface area contributed by atoms with Crippen molar-refractivity contribution in [2.75, 3.05) is 31.1 Å². The monoisotopic (exact) mass is 204 g/mol. The molecule has 1 aliphatic heterocycles. The summed E-state index contributed by atoms with van der Waals surface area (Å²) in [6, 6.07) is 0. The molecular formula is C9H12N6. The SMILES string of the molecule is c1ncn2c(N3CCNCC3)nncc12. The molecule has 3 heterocycles. The lowest BCUT2D eigenvalue weighted by Gasteiger charge is -2.27. The van der Waals surface area contributed by atoms with Crippen LogP contribution in [0.3, 0.4) is 0 Å². The van der Waals surface area contributed by atoms with Gasteiger partial charge in [-0.05, 0) is 0 Å². The quantitative estimate of drug-likeness (QED) is 0.680. The van der Waals surface area contributed by atoms with E-state index in [4.69, 9.17) is 0 Å². The third kappa shape index (κ3) is 1.42. The van der Waals surface area contributed by atoms with Crippen molar-refractivity contribution in [1.82, 2.24) is 24.9 Å². The molecule has 0 spiro atoms. The second kappa shape index (κ2) is 3.47. The van der Waals surface area contributed by atoms with Gasteiger partial charge in [0.25, 0.3) is 0 Å². The number of anilines is 1. The van der Waals surface area contributed by atoms with E-state index in [1.54, 1.807) is 18.7 Å². The fourth-order valence-electron chi connectivity index (χ4n) is 1.84. The van der Waals surface area contributed by atoms with Crippen LogP contribution in [0.1, 0.15) is 0 Å². The van der Waals surface area contributed by atoms with E-state index >= 15 is 0 Å². The molecule has 1 N–H and O–H groups in total. The summed E-state index contributed by atoms with van der Waals surface area (Å²) in [6.45, 7) is 3.91. The van der Waals surface area contributed by atoms with E-state index in [9.17, 15) is 0 Å². The lowest BCUT2D eigenvalue weighted by molar-refractivity contribution is 0.574. The topological polar surface area (TPSA) is 58.4 Å². The molecule has 1 aliphatic rings. The highest BCUT2D eigenvalue weighted by molar-refractivity contribution is 5.48. The summed E-state index contributed by atoms with van der Waals surface area (Å²) in [6.07, 6.45) is 5.29. The molecule has 0 bridgehead atoms. The second-order valence-corrected chi connectivity index (χ2v) is 3.57. The summed E-state index contributed by atoms with van der Waals surface area (Å²) in [5, 5.41) is 11.5. The molecule has 78 valence electrons. The molecule has 15 heavy (non-hydrogen) atoms. The summed E-state index contributed by atoms with van der Waals surface area (Å²) in [7, 11) is 0. The maximum atomic E-state index is 4.17. The van der Waals surface area contributed by atoms with E-state index in [0.29, 0.717) is 0 Å². The molecule has 1 saturated heterocycles. The lowest BCUT2D eigenvalue weighted by Crippen LogP contribution is -2.44. The maximum absolute atomic E-state index is 4.17. The van der Waals surface area contributed by atoms with Crippen molar-refractivity contribution in [2.24, 2.45) is 0 Å². The van der Waals surface area contributed by atoms with E-state index < -0.39 is 0 Å². The van der Waals surface area contributed by atoms with Gasteiger partial charge in [0, 0.05) is 26.2 Å². The van der Waals surface area contributed by atoms with Crippen LogP contribution in [0.2, 0.25) is 0 Å². The van der Waals surface area contributed by atoms with Crippen molar-refractivity contribution in [3.05, 3.63) is 18.7 Å². The highest BCUT2D eigenvalue weighted by Gasteiger charge is 2.14. The van der Waals surface area contributed by atoms with Gasteiger partial charge in [0.05, 0.1) is 17.9 Å². The van der Waals surface area contributed by atoms with Crippen LogP contribution in [0.15, 0.2) is 18.7 Å². The first kappa shape index (κ1) is 8.60. The Bertz CT molecular complexity index is 458. The van der Waals surface area contributed by atoms with Crippen LogP contribution < -0.4 is 10.2 Å². The van der Waals surface area contributed by atoms with Gasteiger partial charge < -0.3 is 10.2 Å². The normalized spacial score (nSPS) is 17.2. The Morgan fingerprint density at radius 3 is 2.93 bits per heavy atom. The molecule has 0 unspecified atom stereocenters. The van der Waals surface area contributed by atoms with Crippen molar-refractivity contribution in [2.45, 2.75) is 0 Å². The van der Waals surface area contributed by atoms with Gasteiger partial charge in [-0.15, -0.1) is 5.10 Å². The average molecular weight is 204 g/mol. The fraction of sp³-hybridized carbons (Fsp3) is 0.444. The van der Waals surface area contributed by atoms with Gasteiger partial charge in [0.1, 0.15) is 6.33 Å². The molecule has 1 fully saturated rings. The Morgan fingerprint density at radius 1 is 1.20 bits per heavy atom. The van der Waals surface area contributed by atoms with E-state index in [0.717, 1.165) is 37.6 Å². The van der Waals surface area contributed by atoms with Crippen LogP contribution in [-0.4, -0.2) is 45.8 Å². The number of hydrogen-bond acceptors (Lipinski definition) is 5. The van der Waals surface area contributed by atoms with Crippen LogP contribution in [0.4, 0.5) is 5.95 Å². The average Bonchev–Trinajstić information content (AvgIpc) is 2.78. The largest absolute Gasteiger partial charge is 0.338 e. The fourth-order valence-corrected chi connectivity index (χ4v) is 1.84. The smallest absolute Gasteiger partial charge is 0.231 e. The zero-order chi connectivity index (χ0) is 10.1. The molecule has 2 aromatic heterocycles. The number of imidazole rings is 1. The van der Waals surface area contributed by atoms with Crippen molar-refractivity contribution >= 4 is 11.5 Å². The predicted molar refractivity (Wildman–Crippen MR) is 55.9 cm³/mol. The number of piperazine rings is 1. The number of nitrogens with one attached hydrogen (secondary N) is 1. The molecule has 6 heteroatoms. The molecular weight excluding hydrogens is 192 g/mol. The van der Waals surface area contributed by atoms with Gasteiger partial charge in [0.2, 0.25) is 5.95 Å². The zero-order valence-corrected chi connectivity index (χ0v) is 8.30. The molecule has 0 atom stereocenters. The molecule has 0 amide bonds. The van der Waals surface area contributed by atoms with Crippen LogP contribution >= 0.6 is 0 Å². The van der Waals surface area contributed by atoms with E-state index in [1.807, 2.05) is 4.40 Å². The minimum atomic E-state index is 0.881. The summed E-state index contributed by atoms with van der Waals surface area (Å²) in [5.74, 6) is 0.881. The van der Waals surface area contributed by atoms with Gasteiger partial charge in [-0.2, -0.15) is 5.10 Å². The van der Waals surface area contributed by atoms with Crippen LogP contribution in [0.5, 0.6) is 0 Å². The minimum absolute atomic E-state index is 0.881. The first-order valence-electron chi connectivity index (χ1n) is 5.04. The Morgan fingerprint density at radius 2 is 2.07 bits per heavy atom.